The summed E-state index contributed by atoms with van der Waals surface area (Å²) in [7, 11) is 1.81. The molecule has 0 bridgehead atoms. The van der Waals surface area contributed by atoms with Crippen LogP contribution < -0.4 is 5.32 Å². The van der Waals surface area contributed by atoms with Gasteiger partial charge in [0.05, 0.1) is 6.61 Å². The van der Waals surface area contributed by atoms with E-state index in [-0.39, 0.29) is 0 Å². The van der Waals surface area contributed by atoms with Gasteiger partial charge in [0.15, 0.2) is 0 Å². The molecule has 0 aromatic rings. The van der Waals surface area contributed by atoms with Gasteiger partial charge >= 0.3 is 0 Å². The lowest BCUT2D eigenvalue weighted by Gasteiger charge is -2.37. The van der Waals surface area contributed by atoms with Gasteiger partial charge in [0, 0.05) is 32.8 Å². The van der Waals surface area contributed by atoms with E-state index < -0.39 is 0 Å². The molecule has 2 atom stereocenters. The Hall–Kier alpha value is -0.120. The summed E-state index contributed by atoms with van der Waals surface area (Å²) < 4.78 is 5.30. The Morgan fingerprint density at radius 2 is 2.22 bits per heavy atom. The Kier molecular flexibility index (Phi) is 5.05. The van der Waals surface area contributed by atoms with Crippen LogP contribution in [0.5, 0.6) is 0 Å². The predicted molar refractivity (Wildman–Crippen MR) is 75.8 cm³/mol. The number of methoxy groups -OCH3 is 1. The van der Waals surface area contributed by atoms with Gasteiger partial charge in [-0.1, -0.05) is 6.92 Å². The summed E-state index contributed by atoms with van der Waals surface area (Å²) >= 11 is 0. The number of hydrogen-bond donors (Lipinski definition) is 1. The highest BCUT2D eigenvalue weighted by molar-refractivity contribution is 4.93. The standard InChI is InChI=1S/C15H30N2O/c1-4-15(7-8-16-11-15)12-17(9-10-18-3)13(2)14-5-6-14/h13-14,16H,4-12H2,1-3H3. The first-order chi connectivity index (χ1) is 8.71. The molecule has 3 heteroatoms. The lowest BCUT2D eigenvalue weighted by molar-refractivity contribution is 0.0760. The van der Waals surface area contributed by atoms with Crippen molar-refractivity contribution in [3.63, 3.8) is 0 Å². The van der Waals surface area contributed by atoms with E-state index >= 15 is 0 Å². The minimum absolute atomic E-state index is 0.511. The van der Waals surface area contributed by atoms with E-state index in [4.69, 9.17) is 4.74 Å². The minimum Gasteiger partial charge on any atom is -0.383 e. The molecule has 1 saturated heterocycles. The third-order valence-electron chi connectivity index (χ3n) is 5.08. The van der Waals surface area contributed by atoms with Crippen molar-refractivity contribution in [3.8, 4) is 0 Å². The van der Waals surface area contributed by atoms with E-state index in [0.29, 0.717) is 5.41 Å². The first-order valence-electron chi connectivity index (χ1n) is 7.64. The smallest absolute Gasteiger partial charge is 0.0589 e. The van der Waals surface area contributed by atoms with Gasteiger partial charge in [-0.15, -0.1) is 0 Å². The summed E-state index contributed by atoms with van der Waals surface area (Å²) in [6, 6.07) is 0.740. The molecular weight excluding hydrogens is 224 g/mol. The quantitative estimate of drug-likeness (QED) is 0.718. The summed E-state index contributed by atoms with van der Waals surface area (Å²) in [6.07, 6.45) is 5.50. The van der Waals surface area contributed by atoms with Crippen LogP contribution in [0.1, 0.15) is 39.5 Å². The first kappa shape index (κ1) is 14.3. The molecule has 2 fully saturated rings. The SMILES string of the molecule is CCC1(CN(CCOC)C(C)C2CC2)CCNC1. The lowest BCUT2D eigenvalue weighted by atomic mass is 9.83. The van der Waals surface area contributed by atoms with Crippen LogP contribution in [0, 0.1) is 11.3 Å². The molecule has 1 aliphatic heterocycles. The molecule has 106 valence electrons. The van der Waals surface area contributed by atoms with Crippen LogP contribution in [0.2, 0.25) is 0 Å². The van der Waals surface area contributed by atoms with E-state index in [0.717, 1.165) is 25.1 Å². The molecule has 0 amide bonds. The second-order valence-corrected chi connectivity index (χ2v) is 6.32. The summed E-state index contributed by atoms with van der Waals surface area (Å²) in [5.41, 5.74) is 0.511. The average molecular weight is 254 g/mol. The minimum atomic E-state index is 0.511. The summed E-state index contributed by atoms with van der Waals surface area (Å²) in [4.78, 5) is 2.69. The molecule has 0 spiro atoms. The first-order valence-corrected chi connectivity index (χ1v) is 7.64. The Morgan fingerprint density at radius 1 is 1.44 bits per heavy atom. The van der Waals surface area contributed by atoms with Gasteiger partial charge in [-0.3, -0.25) is 4.90 Å². The van der Waals surface area contributed by atoms with Gasteiger partial charge < -0.3 is 10.1 Å². The molecule has 1 aliphatic carbocycles. The highest BCUT2D eigenvalue weighted by Gasteiger charge is 2.38. The summed E-state index contributed by atoms with van der Waals surface area (Å²) in [6.45, 7) is 10.4. The van der Waals surface area contributed by atoms with Gasteiger partial charge in [0.1, 0.15) is 0 Å². The molecule has 2 aliphatic rings. The van der Waals surface area contributed by atoms with Crippen LogP contribution in [0.4, 0.5) is 0 Å². The predicted octanol–water partition coefficient (Wildman–Crippen LogP) is 2.12. The van der Waals surface area contributed by atoms with Crippen molar-refractivity contribution >= 4 is 0 Å². The number of hydrogen-bond acceptors (Lipinski definition) is 3. The highest BCUT2D eigenvalue weighted by atomic mass is 16.5. The van der Waals surface area contributed by atoms with Crippen LogP contribution in [0.25, 0.3) is 0 Å². The zero-order chi connectivity index (χ0) is 13.0. The van der Waals surface area contributed by atoms with Gasteiger partial charge in [-0.05, 0) is 50.5 Å². The zero-order valence-electron chi connectivity index (χ0n) is 12.4. The van der Waals surface area contributed by atoms with Gasteiger partial charge in [-0.25, -0.2) is 0 Å². The van der Waals surface area contributed by atoms with Crippen molar-refractivity contribution in [2.45, 2.75) is 45.6 Å². The molecule has 0 aromatic heterocycles. The van der Waals surface area contributed by atoms with Crippen molar-refractivity contribution in [3.05, 3.63) is 0 Å². The van der Waals surface area contributed by atoms with Crippen LogP contribution in [-0.2, 0) is 4.74 Å². The fraction of sp³-hybridized carbons (Fsp3) is 1.00. The van der Waals surface area contributed by atoms with E-state index in [1.807, 2.05) is 7.11 Å². The van der Waals surface area contributed by atoms with Crippen molar-refractivity contribution in [1.82, 2.24) is 10.2 Å². The van der Waals surface area contributed by atoms with Crippen LogP contribution in [-0.4, -0.2) is 50.8 Å². The molecule has 0 aromatic carbocycles. The van der Waals surface area contributed by atoms with Crippen molar-refractivity contribution in [2.75, 3.05) is 39.9 Å². The molecule has 1 heterocycles. The van der Waals surface area contributed by atoms with Gasteiger partial charge in [0.2, 0.25) is 0 Å². The Bertz CT molecular complexity index is 247. The normalized spacial score (nSPS) is 30.0. The van der Waals surface area contributed by atoms with E-state index in [1.165, 1.54) is 45.3 Å². The second-order valence-electron chi connectivity index (χ2n) is 6.32. The third kappa shape index (κ3) is 3.46. The van der Waals surface area contributed by atoms with Crippen molar-refractivity contribution in [2.24, 2.45) is 11.3 Å². The molecule has 2 unspecified atom stereocenters. The molecule has 2 rings (SSSR count). The molecule has 0 radical (unpaired) electrons. The van der Waals surface area contributed by atoms with Crippen LogP contribution in [0.15, 0.2) is 0 Å². The highest BCUT2D eigenvalue weighted by Crippen LogP contribution is 2.38. The van der Waals surface area contributed by atoms with Gasteiger partial charge in [-0.2, -0.15) is 0 Å². The maximum Gasteiger partial charge on any atom is 0.0589 e. The second kappa shape index (κ2) is 6.36. The molecule has 3 nitrogen and oxygen atoms in total. The lowest BCUT2D eigenvalue weighted by Crippen LogP contribution is -2.45. The number of nitrogens with zero attached hydrogens (tertiary/aromatic N) is 1. The molecule has 1 saturated carbocycles. The van der Waals surface area contributed by atoms with Crippen molar-refractivity contribution < 1.29 is 4.74 Å². The Morgan fingerprint density at radius 3 is 2.72 bits per heavy atom. The van der Waals surface area contributed by atoms with E-state index in [2.05, 4.69) is 24.1 Å². The van der Waals surface area contributed by atoms with Crippen molar-refractivity contribution in [1.29, 1.82) is 0 Å². The topological polar surface area (TPSA) is 24.5 Å². The fourth-order valence-electron chi connectivity index (χ4n) is 3.29. The number of nitrogens with one attached hydrogen (secondary N) is 1. The average Bonchev–Trinajstić information content (AvgIpc) is 3.14. The summed E-state index contributed by atoms with van der Waals surface area (Å²) in [5, 5.41) is 3.55. The maximum atomic E-state index is 5.30. The van der Waals surface area contributed by atoms with Crippen LogP contribution >= 0.6 is 0 Å². The van der Waals surface area contributed by atoms with Crippen LogP contribution in [0.3, 0.4) is 0 Å². The van der Waals surface area contributed by atoms with E-state index in [1.54, 1.807) is 0 Å². The number of ether oxygens (including phenoxy) is 1. The summed E-state index contributed by atoms with van der Waals surface area (Å²) in [5.74, 6) is 0.949. The third-order valence-corrected chi connectivity index (χ3v) is 5.08. The largest absolute Gasteiger partial charge is 0.383 e. The van der Waals surface area contributed by atoms with E-state index in [9.17, 15) is 0 Å². The van der Waals surface area contributed by atoms with Gasteiger partial charge in [0.25, 0.3) is 0 Å². The monoisotopic (exact) mass is 254 g/mol. The molecule has 18 heavy (non-hydrogen) atoms. The molecular formula is C15H30N2O. The Labute approximate surface area is 112 Å². The molecule has 1 N–H and O–H groups in total. The zero-order valence-corrected chi connectivity index (χ0v) is 12.4. The Balaban J connectivity index is 1.93. The fourth-order valence-corrected chi connectivity index (χ4v) is 3.29. The maximum absolute atomic E-state index is 5.30. The number of rotatable bonds is 8.